The minimum absolute atomic E-state index is 0.185. The third-order valence-corrected chi connectivity index (χ3v) is 1.03. The van der Waals surface area contributed by atoms with Gasteiger partial charge >= 0.3 is 0 Å². The molecule has 1 N–H and O–H groups in total. The predicted octanol–water partition coefficient (Wildman–Crippen LogP) is -0.586. The molecule has 1 aliphatic carbocycles. The maximum atomic E-state index is 9.87. The number of nitrogens with one attached hydrogen (secondary N) is 1. The maximum Gasteiger partial charge on any atom is 0.134 e. The number of hydrogen-bond donors (Lipinski definition) is 1. The van der Waals surface area contributed by atoms with Crippen LogP contribution in [0.5, 0.6) is 0 Å². The molecule has 0 saturated heterocycles. The summed E-state index contributed by atoms with van der Waals surface area (Å²) in [4.78, 5) is 9.87. The van der Waals surface area contributed by atoms with E-state index < -0.39 is 6.09 Å². The van der Waals surface area contributed by atoms with Crippen molar-refractivity contribution in [3.05, 3.63) is 24.3 Å². The van der Waals surface area contributed by atoms with Gasteiger partial charge in [0.25, 0.3) is 0 Å². The lowest BCUT2D eigenvalue weighted by Gasteiger charge is -2.09. The second kappa shape index (κ2) is 2.35. The Bertz CT molecular complexity index is 160. The highest BCUT2D eigenvalue weighted by molar-refractivity contribution is 5.63. The SMILES string of the molecule is O=C([O-])NC1C=CC=C1. The lowest BCUT2D eigenvalue weighted by atomic mass is 10.3. The predicted molar refractivity (Wildman–Crippen MR) is 30.6 cm³/mol. The summed E-state index contributed by atoms with van der Waals surface area (Å²) in [6, 6.07) is -0.185. The Labute approximate surface area is 52.7 Å². The van der Waals surface area contributed by atoms with Crippen LogP contribution in [0.1, 0.15) is 0 Å². The monoisotopic (exact) mass is 124 g/mol. The molecule has 0 spiro atoms. The van der Waals surface area contributed by atoms with E-state index >= 15 is 0 Å². The quantitative estimate of drug-likeness (QED) is 0.508. The highest BCUT2D eigenvalue weighted by Crippen LogP contribution is 1.97. The summed E-state index contributed by atoms with van der Waals surface area (Å²) in [7, 11) is 0. The first-order valence-electron chi connectivity index (χ1n) is 2.61. The van der Waals surface area contributed by atoms with Gasteiger partial charge in [0, 0.05) is 0 Å². The normalized spacial score (nSPS) is 16.4. The summed E-state index contributed by atoms with van der Waals surface area (Å²) < 4.78 is 0. The van der Waals surface area contributed by atoms with Crippen LogP contribution in [0, 0.1) is 0 Å². The van der Waals surface area contributed by atoms with Crippen LogP contribution in [-0.4, -0.2) is 12.1 Å². The molecule has 3 nitrogen and oxygen atoms in total. The van der Waals surface area contributed by atoms with Gasteiger partial charge in [-0.05, 0) is 0 Å². The summed E-state index contributed by atoms with van der Waals surface area (Å²) >= 11 is 0. The molecule has 0 aromatic rings. The van der Waals surface area contributed by atoms with Gasteiger partial charge in [-0.2, -0.15) is 0 Å². The molecule has 1 aliphatic rings. The second-order valence-corrected chi connectivity index (χ2v) is 1.73. The number of carboxylic acid groups (broad SMARTS) is 1. The van der Waals surface area contributed by atoms with Crippen molar-refractivity contribution < 1.29 is 9.90 Å². The molecule has 0 atom stereocenters. The smallest absolute Gasteiger partial charge is 0.134 e. The number of hydrogen-bond acceptors (Lipinski definition) is 2. The van der Waals surface area contributed by atoms with Crippen LogP contribution in [-0.2, 0) is 0 Å². The molecule has 0 saturated carbocycles. The molecule has 0 heterocycles. The minimum Gasteiger partial charge on any atom is -0.530 e. The molecule has 9 heavy (non-hydrogen) atoms. The van der Waals surface area contributed by atoms with Crippen LogP contribution < -0.4 is 10.4 Å². The molecular weight excluding hydrogens is 118 g/mol. The van der Waals surface area contributed by atoms with E-state index in [1.54, 1.807) is 24.3 Å². The lowest BCUT2D eigenvalue weighted by Crippen LogP contribution is -2.41. The highest BCUT2D eigenvalue weighted by Gasteiger charge is 1.99. The van der Waals surface area contributed by atoms with Gasteiger partial charge in [0.2, 0.25) is 0 Å². The molecule has 0 aromatic heterocycles. The van der Waals surface area contributed by atoms with Crippen molar-refractivity contribution in [3.63, 3.8) is 0 Å². The Morgan fingerprint density at radius 3 is 2.44 bits per heavy atom. The molecule has 0 bridgehead atoms. The van der Waals surface area contributed by atoms with Gasteiger partial charge in [0.15, 0.2) is 0 Å². The van der Waals surface area contributed by atoms with Crippen LogP contribution in [0.4, 0.5) is 4.79 Å². The number of allylic oxidation sites excluding steroid dienone is 2. The molecule has 1 rings (SSSR count). The minimum atomic E-state index is -1.24. The van der Waals surface area contributed by atoms with Crippen molar-refractivity contribution in [1.82, 2.24) is 5.32 Å². The standard InChI is InChI=1S/C6H7NO2/c8-6(9)7-5-3-1-2-4-5/h1-5,7H,(H,8,9)/p-1. The second-order valence-electron chi connectivity index (χ2n) is 1.73. The zero-order chi connectivity index (χ0) is 6.69. The van der Waals surface area contributed by atoms with Crippen LogP contribution in [0.2, 0.25) is 0 Å². The molecule has 0 aromatic carbocycles. The molecule has 0 radical (unpaired) electrons. The average molecular weight is 124 g/mol. The van der Waals surface area contributed by atoms with E-state index in [9.17, 15) is 9.90 Å². The molecule has 0 unspecified atom stereocenters. The van der Waals surface area contributed by atoms with Crippen molar-refractivity contribution in [1.29, 1.82) is 0 Å². The molecule has 3 heteroatoms. The van der Waals surface area contributed by atoms with Gasteiger partial charge in [0.1, 0.15) is 6.09 Å². The first-order chi connectivity index (χ1) is 4.29. The van der Waals surface area contributed by atoms with Crippen molar-refractivity contribution in [2.45, 2.75) is 6.04 Å². The van der Waals surface area contributed by atoms with Gasteiger partial charge in [-0.1, -0.05) is 24.3 Å². The largest absolute Gasteiger partial charge is 0.530 e. The summed E-state index contributed by atoms with van der Waals surface area (Å²) in [6.45, 7) is 0. The topological polar surface area (TPSA) is 52.2 Å². The maximum absolute atomic E-state index is 9.87. The van der Waals surface area contributed by atoms with Gasteiger partial charge in [-0.15, -0.1) is 0 Å². The van der Waals surface area contributed by atoms with Crippen LogP contribution in [0.3, 0.4) is 0 Å². The lowest BCUT2D eigenvalue weighted by molar-refractivity contribution is -0.251. The third-order valence-electron chi connectivity index (χ3n) is 1.03. The van der Waals surface area contributed by atoms with Gasteiger partial charge in [-0.3, -0.25) is 0 Å². The Balaban J connectivity index is 2.37. The Kier molecular flexibility index (Phi) is 1.53. The van der Waals surface area contributed by atoms with E-state index in [0.717, 1.165) is 0 Å². The summed E-state index contributed by atoms with van der Waals surface area (Å²) in [5.41, 5.74) is 0. The zero-order valence-electron chi connectivity index (χ0n) is 4.70. The first-order valence-corrected chi connectivity index (χ1v) is 2.61. The number of rotatable bonds is 1. The van der Waals surface area contributed by atoms with Crippen molar-refractivity contribution in [2.24, 2.45) is 0 Å². The average Bonchev–Trinajstić information content (AvgIpc) is 2.15. The van der Waals surface area contributed by atoms with Crippen LogP contribution in [0.25, 0.3) is 0 Å². The van der Waals surface area contributed by atoms with Crippen molar-refractivity contribution in [3.8, 4) is 0 Å². The molecule has 1 amide bonds. The van der Waals surface area contributed by atoms with Crippen LogP contribution in [0.15, 0.2) is 24.3 Å². The summed E-state index contributed by atoms with van der Waals surface area (Å²) in [5.74, 6) is 0. The van der Waals surface area contributed by atoms with Gasteiger partial charge in [0.05, 0.1) is 6.04 Å². The van der Waals surface area contributed by atoms with E-state index in [2.05, 4.69) is 5.32 Å². The fourth-order valence-corrected chi connectivity index (χ4v) is 0.664. The van der Waals surface area contributed by atoms with E-state index in [1.807, 2.05) is 0 Å². The van der Waals surface area contributed by atoms with Crippen LogP contribution >= 0.6 is 0 Å². The number of carbonyl (C=O) groups excluding carboxylic acids is 1. The summed E-state index contributed by atoms with van der Waals surface area (Å²) in [6.07, 6.45) is 5.78. The molecule has 0 fully saturated rings. The molecular formula is C6H6NO2-. The van der Waals surface area contributed by atoms with E-state index in [4.69, 9.17) is 0 Å². The Morgan fingerprint density at radius 2 is 2.00 bits per heavy atom. The highest BCUT2D eigenvalue weighted by atomic mass is 16.4. The van der Waals surface area contributed by atoms with E-state index in [0.29, 0.717) is 0 Å². The molecule has 48 valence electrons. The Morgan fingerprint density at radius 1 is 1.44 bits per heavy atom. The van der Waals surface area contributed by atoms with E-state index in [1.165, 1.54) is 0 Å². The van der Waals surface area contributed by atoms with Crippen molar-refractivity contribution >= 4 is 6.09 Å². The van der Waals surface area contributed by atoms with Gasteiger partial charge in [-0.25, -0.2) is 0 Å². The summed E-state index contributed by atoms with van der Waals surface area (Å²) in [5, 5.41) is 12.0. The Hall–Kier alpha value is -1.25. The van der Waals surface area contributed by atoms with E-state index in [-0.39, 0.29) is 6.04 Å². The molecule has 0 aliphatic heterocycles. The van der Waals surface area contributed by atoms with Gasteiger partial charge < -0.3 is 15.2 Å². The third kappa shape index (κ3) is 1.60. The number of carbonyl (C=O) groups is 1. The fourth-order valence-electron chi connectivity index (χ4n) is 0.664. The first kappa shape index (κ1) is 5.88. The fraction of sp³-hybridized carbons (Fsp3) is 0.167. The number of amides is 1. The van der Waals surface area contributed by atoms with Crippen molar-refractivity contribution in [2.75, 3.05) is 0 Å². The zero-order valence-corrected chi connectivity index (χ0v) is 4.70.